The van der Waals surface area contributed by atoms with Gasteiger partial charge in [0.1, 0.15) is 0 Å². The lowest BCUT2D eigenvalue weighted by Gasteiger charge is -2.26. The maximum atomic E-state index is 12.5. The number of carbonyl (C=O) groups excluding carboxylic acids is 1. The van der Waals surface area contributed by atoms with E-state index >= 15 is 0 Å². The summed E-state index contributed by atoms with van der Waals surface area (Å²) in [5.74, 6) is -0.00700. The minimum Gasteiger partial charge on any atom is -0.379 e. The number of nitrogens with zero attached hydrogens (tertiary/aromatic N) is 2. The SMILES string of the molecule is Cl.Cl.NCCN(CCc1ccccc1)CC(=O)Nc1ccc(CN2CCOCC2)cc1. The lowest BCUT2D eigenvalue weighted by molar-refractivity contribution is -0.117. The first-order valence-electron chi connectivity index (χ1n) is 10.4. The van der Waals surface area contributed by atoms with E-state index in [0.29, 0.717) is 19.6 Å². The van der Waals surface area contributed by atoms with Crippen molar-refractivity contribution in [1.82, 2.24) is 9.80 Å². The maximum Gasteiger partial charge on any atom is 0.238 e. The number of ether oxygens (including phenoxy) is 1. The van der Waals surface area contributed by atoms with Crippen LogP contribution in [0.1, 0.15) is 11.1 Å². The smallest absolute Gasteiger partial charge is 0.238 e. The Morgan fingerprint density at radius 1 is 0.968 bits per heavy atom. The Kier molecular flexibility index (Phi) is 13.4. The van der Waals surface area contributed by atoms with E-state index in [9.17, 15) is 4.79 Å². The number of hydrogen-bond acceptors (Lipinski definition) is 5. The first kappa shape index (κ1) is 27.4. The molecule has 1 heterocycles. The van der Waals surface area contributed by atoms with E-state index in [1.54, 1.807) is 0 Å². The van der Waals surface area contributed by atoms with Gasteiger partial charge in [0.2, 0.25) is 5.91 Å². The summed E-state index contributed by atoms with van der Waals surface area (Å²) >= 11 is 0. The van der Waals surface area contributed by atoms with E-state index in [4.69, 9.17) is 10.5 Å². The third-order valence-electron chi connectivity index (χ3n) is 5.12. The molecule has 0 aromatic heterocycles. The Hall–Kier alpha value is -1.67. The molecule has 3 rings (SSSR count). The Morgan fingerprint density at radius 3 is 2.29 bits per heavy atom. The number of hydrogen-bond donors (Lipinski definition) is 2. The van der Waals surface area contributed by atoms with Gasteiger partial charge in [-0.05, 0) is 29.7 Å². The number of anilines is 1. The average Bonchev–Trinajstić information content (AvgIpc) is 2.75. The van der Waals surface area contributed by atoms with Crippen LogP contribution in [0.2, 0.25) is 0 Å². The quantitative estimate of drug-likeness (QED) is 0.560. The lowest BCUT2D eigenvalue weighted by atomic mass is 10.1. The minimum atomic E-state index is -0.00700. The summed E-state index contributed by atoms with van der Waals surface area (Å²) in [6, 6.07) is 18.4. The molecule has 1 aliphatic heterocycles. The summed E-state index contributed by atoms with van der Waals surface area (Å²) in [6.45, 7) is 6.87. The van der Waals surface area contributed by atoms with Crippen LogP contribution in [0.15, 0.2) is 54.6 Å². The number of amides is 1. The molecule has 2 aromatic carbocycles. The Bertz CT molecular complexity index is 741. The first-order chi connectivity index (χ1) is 14.2. The van der Waals surface area contributed by atoms with Crippen LogP contribution in [0.5, 0.6) is 0 Å². The van der Waals surface area contributed by atoms with Crippen LogP contribution < -0.4 is 11.1 Å². The number of morpholine rings is 1. The number of halogens is 2. The van der Waals surface area contributed by atoms with Crippen LogP contribution in [0, 0.1) is 0 Å². The highest BCUT2D eigenvalue weighted by Crippen LogP contribution is 2.12. The second-order valence-electron chi connectivity index (χ2n) is 7.43. The fraction of sp³-hybridized carbons (Fsp3) is 0.435. The predicted octanol–water partition coefficient (Wildman–Crippen LogP) is 2.80. The molecular formula is C23H34Cl2N4O2. The zero-order valence-corrected chi connectivity index (χ0v) is 19.5. The van der Waals surface area contributed by atoms with Crippen LogP contribution in [0.4, 0.5) is 5.69 Å². The van der Waals surface area contributed by atoms with Gasteiger partial charge < -0.3 is 15.8 Å². The van der Waals surface area contributed by atoms with Crippen molar-refractivity contribution >= 4 is 36.4 Å². The molecule has 0 saturated carbocycles. The largest absolute Gasteiger partial charge is 0.379 e. The first-order valence-corrected chi connectivity index (χ1v) is 10.4. The zero-order chi connectivity index (χ0) is 20.3. The second-order valence-corrected chi connectivity index (χ2v) is 7.43. The number of benzene rings is 2. The van der Waals surface area contributed by atoms with Gasteiger partial charge in [0, 0.05) is 45.0 Å². The molecule has 1 fully saturated rings. The highest BCUT2D eigenvalue weighted by Gasteiger charge is 2.12. The monoisotopic (exact) mass is 468 g/mol. The second kappa shape index (κ2) is 15.2. The third-order valence-corrected chi connectivity index (χ3v) is 5.12. The van der Waals surface area contributed by atoms with Crippen molar-refractivity contribution in [3.8, 4) is 0 Å². The molecule has 31 heavy (non-hydrogen) atoms. The molecule has 8 heteroatoms. The molecule has 0 spiro atoms. The molecule has 6 nitrogen and oxygen atoms in total. The van der Waals surface area contributed by atoms with Crippen molar-refractivity contribution in [1.29, 1.82) is 0 Å². The van der Waals surface area contributed by atoms with Crippen LogP contribution in [-0.2, 0) is 22.5 Å². The van der Waals surface area contributed by atoms with Gasteiger partial charge in [-0.2, -0.15) is 0 Å². The van der Waals surface area contributed by atoms with Crippen molar-refractivity contribution in [3.63, 3.8) is 0 Å². The normalized spacial score (nSPS) is 13.9. The minimum absolute atomic E-state index is 0. The summed E-state index contributed by atoms with van der Waals surface area (Å²) < 4.78 is 5.39. The van der Waals surface area contributed by atoms with Crippen LogP contribution >= 0.6 is 24.8 Å². The fourth-order valence-electron chi connectivity index (χ4n) is 3.50. The number of carbonyl (C=O) groups is 1. The van der Waals surface area contributed by atoms with Crippen molar-refractivity contribution in [2.24, 2.45) is 5.73 Å². The predicted molar refractivity (Wildman–Crippen MR) is 131 cm³/mol. The van der Waals surface area contributed by atoms with E-state index in [-0.39, 0.29) is 30.7 Å². The van der Waals surface area contributed by atoms with Gasteiger partial charge in [-0.1, -0.05) is 42.5 Å². The fourth-order valence-corrected chi connectivity index (χ4v) is 3.50. The molecule has 0 bridgehead atoms. The number of nitrogens with one attached hydrogen (secondary N) is 1. The average molecular weight is 469 g/mol. The summed E-state index contributed by atoms with van der Waals surface area (Å²) in [7, 11) is 0. The Balaban J connectivity index is 0.00000240. The Labute approximate surface area is 197 Å². The van der Waals surface area contributed by atoms with Gasteiger partial charge in [-0.25, -0.2) is 0 Å². The highest BCUT2D eigenvalue weighted by atomic mass is 35.5. The molecule has 172 valence electrons. The van der Waals surface area contributed by atoms with Gasteiger partial charge in [0.25, 0.3) is 0 Å². The molecule has 0 atom stereocenters. The molecule has 2 aromatic rings. The molecular weight excluding hydrogens is 435 g/mol. The van der Waals surface area contributed by atoms with Crippen molar-refractivity contribution in [2.45, 2.75) is 13.0 Å². The summed E-state index contributed by atoms with van der Waals surface area (Å²) in [4.78, 5) is 17.0. The van der Waals surface area contributed by atoms with Gasteiger partial charge in [-0.15, -0.1) is 24.8 Å². The zero-order valence-electron chi connectivity index (χ0n) is 17.9. The standard InChI is InChI=1S/C23H32N4O2.2ClH/c24-11-13-26(12-10-20-4-2-1-3-5-20)19-23(28)25-22-8-6-21(7-9-22)18-27-14-16-29-17-15-27;;/h1-9H,10-19,24H2,(H,25,28);2*1H. The third kappa shape index (κ3) is 9.99. The van der Waals surface area contributed by atoms with Crippen molar-refractivity contribution < 1.29 is 9.53 Å². The van der Waals surface area contributed by atoms with Gasteiger partial charge in [0.05, 0.1) is 19.8 Å². The maximum absolute atomic E-state index is 12.5. The highest BCUT2D eigenvalue weighted by molar-refractivity contribution is 5.92. The van der Waals surface area contributed by atoms with Crippen LogP contribution in [0.3, 0.4) is 0 Å². The van der Waals surface area contributed by atoms with Crippen molar-refractivity contribution in [3.05, 3.63) is 65.7 Å². The van der Waals surface area contributed by atoms with Gasteiger partial charge in [-0.3, -0.25) is 14.6 Å². The number of nitrogens with two attached hydrogens (primary N) is 1. The molecule has 0 unspecified atom stereocenters. The Morgan fingerprint density at radius 2 is 1.65 bits per heavy atom. The summed E-state index contributed by atoms with van der Waals surface area (Å²) in [5.41, 5.74) is 9.08. The molecule has 0 radical (unpaired) electrons. The van der Waals surface area contributed by atoms with Crippen LogP contribution in [0.25, 0.3) is 0 Å². The van der Waals surface area contributed by atoms with Crippen molar-refractivity contribution in [2.75, 3.05) is 57.8 Å². The van der Waals surface area contributed by atoms with E-state index in [2.05, 4.69) is 39.4 Å². The van der Waals surface area contributed by atoms with E-state index in [1.165, 1.54) is 11.1 Å². The number of rotatable bonds is 10. The summed E-state index contributed by atoms with van der Waals surface area (Å²) in [5, 5.41) is 3.00. The van der Waals surface area contributed by atoms with E-state index < -0.39 is 0 Å². The van der Waals surface area contributed by atoms with Crippen LogP contribution in [-0.4, -0.2) is 68.2 Å². The molecule has 1 amide bonds. The van der Waals surface area contributed by atoms with E-state index in [0.717, 1.165) is 51.5 Å². The van der Waals surface area contributed by atoms with E-state index in [1.807, 2.05) is 30.3 Å². The van der Waals surface area contributed by atoms with Gasteiger partial charge in [0.15, 0.2) is 0 Å². The molecule has 1 aliphatic rings. The lowest BCUT2D eigenvalue weighted by Crippen LogP contribution is -2.38. The molecule has 0 aliphatic carbocycles. The summed E-state index contributed by atoms with van der Waals surface area (Å²) in [6.07, 6.45) is 0.907. The topological polar surface area (TPSA) is 70.8 Å². The van der Waals surface area contributed by atoms with Gasteiger partial charge >= 0.3 is 0 Å². The molecule has 1 saturated heterocycles. The molecule has 3 N–H and O–H groups in total.